The Morgan fingerprint density at radius 3 is 2.26 bits per heavy atom. The number of carbonyl (C=O) groups excluding carboxylic acids is 1. The first-order valence-corrected chi connectivity index (χ1v) is 7.06. The third kappa shape index (κ3) is 4.91. The molecule has 0 aliphatic carbocycles. The molecule has 124 valence electrons. The van der Waals surface area contributed by atoms with Crippen molar-refractivity contribution in [3.63, 3.8) is 0 Å². The van der Waals surface area contributed by atoms with Crippen molar-refractivity contribution in [1.29, 1.82) is 0 Å². The number of halogens is 3. The van der Waals surface area contributed by atoms with Crippen LogP contribution in [0.2, 0.25) is 0 Å². The van der Waals surface area contributed by atoms with E-state index in [2.05, 4.69) is 14.9 Å². The summed E-state index contributed by atoms with van der Waals surface area (Å²) in [5.41, 5.74) is 1.50. The first-order valence-electron chi connectivity index (χ1n) is 7.06. The first kappa shape index (κ1) is 17.2. The van der Waals surface area contributed by atoms with Gasteiger partial charge in [0.25, 0.3) is 0 Å². The first-order chi connectivity index (χ1) is 10.5. The number of benzene rings is 1. The van der Waals surface area contributed by atoms with Gasteiger partial charge >= 0.3 is 6.36 Å². The fraction of sp³-hybridized carbons (Fsp3) is 0.438. The van der Waals surface area contributed by atoms with E-state index in [1.165, 1.54) is 24.3 Å². The summed E-state index contributed by atoms with van der Waals surface area (Å²) in [4.78, 5) is 12.0. The number of Topliss-reactive ketones (excluding diaryl/α,β-unsaturated/α-hetero) is 1. The highest BCUT2D eigenvalue weighted by molar-refractivity contribution is 6.19. The van der Waals surface area contributed by atoms with Crippen molar-refractivity contribution in [2.24, 2.45) is 15.6 Å². The van der Waals surface area contributed by atoms with Crippen LogP contribution in [0.25, 0.3) is 0 Å². The molecule has 1 aliphatic rings. The van der Waals surface area contributed by atoms with Gasteiger partial charge in [0.2, 0.25) is 0 Å². The maximum Gasteiger partial charge on any atom is 0.573 e. The summed E-state index contributed by atoms with van der Waals surface area (Å²) in [5, 5.41) is 8.02. The topological polar surface area (TPSA) is 51.0 Å². The molecule has 1 aromatic rings. The van der Waals surface area contributed by atoms with E-state index in [1.807, 2.05) is 20.8 Å². The molecule has 0 radical (unpaired) electrons. The number of alkyl halides is 3. The summed E-state index contributed by atoms with van der Waals surface area (Å²) in [6, 6.07) is 5.43. The van der Waals surface area contributed by atoms with E-state index in [0.29, 0.717) is 23.4 Å². The fourth-order valence-electron chi connectivity index (χ4n) is 1.95. The van der Waals surface area contributed by atoms with Crippen LogP contribution in [0.3, 0.4) is 0 Å². The average Bonchev–Trinajstić information content (AvgIpc) is 2.85. The number of ether oxygens (including phenoxy) is 1. The van der Waals surface area contributed by atoms with Gasteiger partial charge in [-0.2, -0.15) is 10.2 Å². The zero-order valence-electron chi connectivity index (χ0n) is 13.1. The third-order valence-corrected chi connectivity index (χ3v) is 3.31. The molecule has 1 aliphatic heterocycles. The number of rotatable bonds is 4. The fourth-order valence-corrected chi connectivity index (χ4v) is 1.95. The van der Waals surface area contributed by atoms with Crippen LogP contribution in [-0.2, 0) is 4.79 Å². The summed E-state index contributed by atoms with van der Waals surface area (Å²) in [6.45, 7) is 5.52. The van der Waals surface area contributed by atoms with Crippen molar-refractivity contribution >= 4 is 17.2 Å². The second-order valence-electron chi connectivity index (χ2n) is 6.31. The molecule has 0 saturated carbocycles. The lowest BCUT2D eigenvalue weighted by Gasteiger charge is -2.16. The number of hydrogen-bond donors (Lipinski definition) is 0. The lowest BCUT2D eigenvalue weighted by molar-refractivity contribution is -0.274. The Morgan fingerprint density at radius 2 is 1.74 bits per heavy atom. The Balaban J connectivity index is 1.97. The van der Waals surface area contributed by atoms with E-state index in [9.17, 15) is 18.0 Å². The van der Waals surface area contributed by atoms with Crippen molar-refractivity contribution in [3.8, 4) is 5.75 Å². The smallest absolute Gasteiger partial charge is 0.406 e. The van der Waals surface area contributed by atoms with Gasteiger partial charge in [0.1, 0.15) is 11.5 Å². The van der Waals surface area contributed by atoms with Crippen molar-refractivity contribution < 1.29 is 22.7 Å². The van der Waals surface area contributed by atoms with Crippen LogP contribution in [0.15, 0.2) is 34.5 Å². The van der Waals surface area contributed by atoms with Gasteiger partial charge in [-0.25, -0.2) is 0 Å². The van der Waals surface area contributed by atoms with Crippen LogP contribution in [0.1, 0.15) is 39.2 Å². The van der Waals surface area contributed by atoms with E-state index in [4.69, 9.17) is 0 Å². The molecule has 1 heterocycles. The maximum absolute atomic E-state index is 12.1. The summed E-state index contributed by atoms with van der Waals surface area (Å²) >= 11 is 0. The molecule has 1 aromatic carbocycles. The molecular formula is C16H17F3N2O2. The van der Waals surface area contributed by atoms with Gasteiger partial charge in [0.05, 0.1) is 11.4 Å². The third-order valence-electron chi connectivity index (χ3n) is 3.31. The molecule has 7 heteroatoms. The van der Waals surface area contributed by atoms with E-state index in [1.54, 1.807) is 0 Å². The second-order valence-corrected chi connectivity index (χ2v) is 6.31. The second kappa shape index (κ2) is 6.14. The molecule has 0 amide bonds. The lowest BCUT2D eigenvalue weighted by Crippen LogP contribution is -2.23. The van der Waals surface area contributed by atoms with Gasteiger partial charge in [0, 0.05) is 18.3 Å². The highest BCUT2D eigenvalue weighted by Gasteiger charge is 2.31. The molecule has 4 nitrogen and oxygen atoms in total. The van der Waals surface area contributed by atoms with Crippen LogP contribution in [0, 0.1) is 5.41 Å². The number of hydrogen-bond acceptors (Lipinski definition) is 4. The minimum atomic E-state index is -4.71. The largest absolute Gasteiger partial charge is 0.573 e. The van der Waals surface area contributed by atoms with Crippen LogP contribution in [-0.4, -0.2) is 23.6 Å². The molecule has 0 saturated heterocycles. The number of ketones is 1. The van der Waals surface area contributed by atoms with Crippen molar-refractivity contribution in [2.75, 3.05) is 0 Å². The van der Waals surface area contributed by atoms with Crippen molar-refractivity contribution in [2.45, 2.75) is 40.0 Å². The Labute approximate surface area is 132 Å². The van der Waals surface area contributed by atoms with Gasteiger partial charge < -0.3 is 4.74 Å². The molecule has 2 rings (SSSR count). The van der Waals surface area contributed by atoms with E-state index >= 15 is 0 Å². The van der Waals surface area contributed by atoms with Crippen LogP contribution < -0.4 is 4.74 Å². The molecule has 0 spiro atoms. The van der Waals surface area contributed by atoms with E-state index in [-0.39, 0.29) is 18.0 Å². The summed E-state index contributed by atoms with van der Waals surface area (Å²) in [6.07, 6.45) is -4.07. The SMILES string of the molecule is CC(C)(C)C(=O)CC1=NN=C(c2ccc(OC(F)(F)F)cc2)C1. The van der Waals surface area contributed by atoms with Gasteiger partial charge in [-0.1, -0.05) is 20.8 Å². The maximum atomic E-state index is 12.1. The molecule has 0 aromatic heterocycles. The molecule has 0 bridgehead atoms. The van der Waals surface area contributed by atoms with Crippen LogP contribution >= 0.6 is 0 Å². The predicted octanol–water partition coefficient (Wildman–Crippen LogP) is 4.14. The standard InChI is InChI=1S/C16H17F3N2O2/c1-15(2,3)14(22)9-11-8-13(21-20-11)10-4-6-12(7-5-10)23-16(17,18)19/h4-7H,8-9H2,1-3H3. The zero-order chi connectivity index (χ0) is 17.3. The minimum absolute atomic E-state index is 0.0709. The Morgan fingerprint density at radius 1 is 1.13 bits per heavy atom. The Hall–Kier alpha value is -2.18. The Kier molecular flexibility index (Phi) is 4.58. The molecular weight excluding hydrogens is 309 g/mol. The molecule has 23 heavy (non-hydrogen) atoms. The summed E-state index contributed by atoms with van der Waals surface area (Å²) in [5.74, 6) is -0.217. The summed E-state index contributed by atoms with van der Waals surface area (Å²) < 4.78 is 40.2. The zero-order valence-corrected chi connectivity index (χ0v) is 13.1. The molecule has 0 fully saturated rings. The van der Waals surface area contributed by atoms with Crippen molar-refractivity contribution in [3.05, 3.63) is 29.8 Å². The quantitative estimate of drug-likeness (QED) is 0.835. The molecule has 0 N–H and O–H groups in total. The summed E-state index contributed by atoms with van der Waals surface area (Å²) in [7, 11) is 0. The van der Waals surface area contributed by atoms with Gasteiger partial charge in [-0.05, 0) is 29.8 Å². The average molecular weight is 326 g/mol. The van der Waals surface area contributed by atoms with E-state index < -0.39 is 11.8 Å². The number of carbonyl (C=O) groups is 1. The monoisotopic (exact) mass is 326 g/mol. The van der Waals surface area contributed by atoms with Crippen molar-refractivity contribution in [1.82, 2.24) is 0 Å². The number of nitrogens with zero attached hydrogens (tertiary/aromatic N) is 2. The minimum Gasteiger partial charge on any atom is -0.406 e. The highest BCUT2D eigenvalue weighted by Crippen LogP contribution is 2.24. The highest BCUT2D eigenvalue weighted by atomic mass is 19.4. The predicted molar refractivity (Wildman–Crippen MR) is 80.8 cm³/mol. The van der Waals surface area contributed by atoms with Crippen LogP contribution in [0.4, 0.5) is 13.2 Å². The van der Waals surface area contributed by atoms with Crippen LogP contribution in [0.5, 0.6) is 5.75 Å². The Bertz CT molecular complexity index is 653. The normalized spacial score (nSPS) is 15.2. The lowest BCUT2D eigenvalue weighted by atomic mass is 9.87. The van der Waals surface area contributed by atoms with Gasteiger partial charge in [-0.3, -0.25) is 4.79 Å². The molecule has 0 unspecified atom stereocenters. The van der Waals surface area contributed by atoms with Gasteiger partial charge in [0.15, 0.2) is 0 Å². The van der Waals surface area contributed by atoms with Gasteiger partial charge in [-0.15, -0.1) is 13.2 Å². The van der Waals surface area contributed by atoms with E-state index in [0.717, 1.165) is 0 Å². The molecule has 0 atom stereocenters.